The molecule has 0 fully saturated rings. The molecule has 5 nitrogen and oxygen atoms in total. The van der Waals surface area contributed by atoms with Crippen LogP contribution in [0.15, 0.2) is 36.4 Å². The fraction of sp³-hybridized carbons (Fsp3) is 0.263. The molecule has 128 valence electrons. The molecular formula is C19H17FN2O3. The molecule has 0 aromatic heterocycles. The van der Waals surface area contributed by atoms with Crippen LogP contribution in [-0.4, -0.2) is 31.5 Å². The van der Waals surface area contributed by atoms with E-state index in [1.807, 2.05) is 0 Å². The molecule has 0 saturated carbocycles. The Bertz CT molecular complexity index is 866. The van der Waals surface area contributed by atoms with Gasteiger partial charge in [0.25, 0.3) is 11.8 Å². The third-order valence-electron chi connectivity index (χ3n) is 4.55. The number of hydrogen-bond acceptors (Lipinski definition) is 3. The zero-order valence-electron chi connectivity index (χ0n) is 13.5. The lowest BCUT2D eigenvalue weighted by Gasteiger charge is -2.30. The number of rotatable bonds is 1. The Labute approximate surface area is 144 Å². The number of halogens is 1. The van der Waals surface area contributed by atoms with Crippen LogP contribution < -0.4 is 15.0 Å². The van der Waals surface area contributed by atoms with E-state index in [2.05, 4.69) is 5.32 Å². The van der Waals surface area contributed by atoms with Gasteiger partial charge in [-0.05, 0) is 43.2 Å². The third-order valence-corrected chi connectivity index (χ3v) is 4.55. The smallest absolute Gasteiger partial charge is 0.258 e. The van der Waals surface area contributed by atoms with E-state index in [9.17, 15) is 14.0 Å². The summed E-state index contributed by atoms with van der Waals surface area (Å²) in [4.78, 5) is 26.7. The van der Waals surface area contributed by atoms with Gasteiger partial charge < -0.3 is 15.0 Å². The highest BCUT2D eigenvalue weighted by atomic mass is 19.1. The fourth-order valence-corrected chi connectivity index (χ4v) is 3.34. The van der Waals surface area contributed by atoms with E-state index in [0.717, 1.165) is 0 Å². The van der Waals surface area contributed by atoms with Gasteiger partial charge in [0, 0.05) is 17.7 Å². The molecule has 0 atom stereocenters. The number of carbonyl (C=O) groups is 2. The first-order valence-corrected chi connectivity index (χ1v) is 8.29. The maximum atomic E-state index is 14.0. The number of carbonyl (C=O) groups excluding carboxylic acids is 2. The van der Waals surface area contributed by atoms with Crippen LogP contribution in [0.25, 0.3) is 0 Å². The summed E-state index contributed by atoms with van der Waals surface area (Å²) >= 11 is 0. The van der Waals surface area contributed by atoms with Crippen molar-refractivity contribution in [3.63, 3.8) is 0 Å². The molecule has 2 aromatic rings. The van der Waals surface area contributed by atoms with Crippen LogP contribution in [0.1, 0.15) is 32.7 Å². The summed E-state index contributed by atoms with van der Waals surface area (Å²) in [5, 5.41) is 2.73. The zero-order chi connectivity index (χ0) is 17.4. The zero-order valence-corrected chi connectivity index (χ0v) is 13.5. The molecule has 0 spiro atoms. The van der Waals surface area contributed by atoms with Gasteiger partial charge in [0.15, 0.2) is 0 Å². The Balaban J connectivity index is 1.71. The molecule has 2 aliphatic rings. The van der Waals surface area contributed by atoms with Crippen molar-refractivity contribution < 1.29 is 18.7 Å². The van der Waals surface area contributed by atoms with Gasteiger partial charge in [-0.3, -0.25) is 9.59 Å². The average Bonchev–Trinajstić information content (AvgIpc) is 2.82. The minimum absolute atomic E-state index is 0.244. The van der Waals surface area contributed by atoms with Gasteiger partial charge in [-0.2, -0.15) is 0 Å². The predicted molar refractivity (Wildman–Crippen MR) is 90.7 cm³/mol. The van der Waals surface area contributed by atoms with Crippen LogP contribution in [0, 0.1) is 5.82 Å². The SMILES string of the molecule is O=C1NCCOc2ccc(C(=O)N3CCCc4c(F)cccc43)cc21. The van der Waals surface area contributed by atoms with E-state index in [0.29, 0.717) is 60.7 Å². The second-order valence-electron chi connectivity index (χ2n) is 6.11. The molecule has 2 aliphatic heterocycles. The first-order valence-electron chi connectivity index (χ1n) is 8.29. The summed E-state index contributed by atoms with van der Waals surface area (Å²) < 4.78 is 19.5. The molecule has 6 heteroatoms. The van der Waals surface area contributed by atoms with E-state index in [1.165, 1.54) is 6.07 Å². The lowest BCUT2D eigenvalue weighted by Crippen LogP contribution is -2.36. The summed E-state index contributed by atoms with van der Waals surface area (Å²) in [6.45, 7) is 1.34. The molecule has 25 heavy (non-hydrogen) atoms. The quantitative estimate of drug-likeness (QED) is 0.868. The maximum Gasteiger partial charge on any atom is 0.258 e. The topological polar surface area (TPSA) is 58.6 Å². The van der Waals surface area contributed by atoms with Crippen LogP contribution in [0.5, 0.6) is 5.75 Å². The fourth-order valence-electron chi connectivity index (χ4n) is 3.34. The Hall–Kier alpha value is -2.89. The summed E-state index contributed by atoms with van der Waals surface area (Å²) in [7, 11) is 0. The molecule has 2 amide bonds. The van der Waals surface area contributed by atoms with E-state index >= 15 is 0 Å². The summed E-state index contributed by atoms with van der Waals surface area (Å²) in [6, 6.07) is 9.62. The molecule has 0 radical (unpaired) electrons. The Morgan fingerprint density at radius 3 is 3.00 bits per heavy atom. The van der Waals surface area contributed by atoms with Crippen LogP contribution in [-0.2, 0) is 6.42 Å². The second-order valence-corrected chi connectivity index (χ2v) is 6.11. The summed E-state index contributed by atoms with van der Waals surface area (Å²) in [6.07, 6.45) is 1.32. The minimum atomic E-state index is -0.287. The largest absolute Gasteiger partial charge is 0.491 e. The van der Waals surface area contributed by atoms with Crippen molar-refractivity contribution in [2.45, 2.75) is 12.8 Å². The lowest BCUT2D eigenvalue weighted by atomic mass is 9.99. The number of nitrogens with zero attached hydrogens (tertiary/aromatic N) is 1. The van der Waals surface area contributed by atoms with Crippen molar-refractivity contribution in [2.24, 2.45) is 0 Å². The van der Waals surface area contributed by atoms with E-state index in [1.54, 1.807) is 35.2 Å². The van der Waals surface area contributed by atoms with Crippen LogP contribution >= 0.6 is 0 Å². The summed E-state index contributed by atoms with van der Waals surface area (Å²) in [5.41, 5.74) is 1.90. The lowest BCUT2D eigenvalue weighted by molar-refractivity contribution is 0.0957. The number of benzene rings is 2. The van der Waals surface area contributed by atoms with E-state index < -0.39 is 0 Å². The van der Waals surface area contributed by atoms with Crippen LogP contribution in [0.3, 0.4) is 0 Å². The van der Waals surface area contributed by atoms with Gasteiger partial charge in [0.05, 0.1) is 17.8 Å². The van der Waals surface area contributed by atoms with Gasteiger partial charge in [-0.1, -0.05) is 6.07 Å². The second kappa shape index (κ2) is 6.20. The number of amides is 2. The molecule has 0 unspecified atom stereocenters. The number of nitrogens with one attached hydrogen (secondary N) is 1. The summed E-state index contributed by atoms with van der Waals surface area (Å²) in [5.74, 6) is -0.319. The number of ether oxygens (including phenoxy) is 1. The standard InChI is InChI=1S/C19H17FN2O3/c20-15-4-1-5-16-13(15)3-2-9-22(16)19(24)12-6-7-17-14(11-12)18(23)21-8-10-25-17/h1,4-7,11H,2-3,8-10H2,(H,21,23). The van der Waals surface area contributed by atoms with Gasteiger partial charge in [0.1, 0.15) is 18.2 Å². The van der Waals surface area contributed by atoms with E-state index in [4.69, 9.17) is 4.74 Å². The molecule has 0 bridgehead atoms. The maximum absolute atomic E-state index is 14.0. The highest BCUT2D eigenvalue weighted by Gasteiger charge is 2.27. The molecule has 4 rings (SSSR count). The highest BCUT2D eigenvalue weighted by Crippen LogP contribution is 2.31. The molecule has 0 saturated heterocycles. The van der Waals surface area contributed by atoms with Gasteiger partial charge >= 0.3 is 0 Å². The molecule has 0 aliphatic carbocycles. The Morgan fingerprint density at radius 2 is 2.12 bits per heavy atom. The highest BCUT2D eigenvalue weighted by molar-refractivity contribution is 6.08. The number of anilines is 1. The van der Waals surface area contributed by atoms with E-state index in [-0.39, 0.29) is 17.6 Å². The number of fused-ring (bicyclic) bond motifs is 2. The Morgan fingerprint density at radius 1 is 1.24 bits per heavy atom. The van der Waals surface area contributed by atoms with Gasteiger partial charge in [-0.25, -0.2) is 4.39 Å². The van der Waals surface area contributed by atoms with Crippen molar-refractivity contribution in [3.05, 3.63) is 58.9 Å². The van der Waals surface area contributed by atoms with Crippen LogP contribution in [0.4, 0.5) is 10.1 Å². The molecule has 2 heterocycles. The monoisotopic (exact) mass is 340 g/mol. The molecular weight excluding hydrogens is 323 g/mol. The third kappa shape index (κ3) is 2.73. The van der Waals surface area contributed by atoms with Gasteiger partial charge in [0.2, 0.25) is 0 Å². The van der Waals surface area contributed by atoms with Crippen molar-refractivity contribution in [2.75, 3.05) is 24.6 Å². The predicted octanol–water partition coefficient (Wildman–Crippen LogP) is 2.54. The van der Waals surface area contributed by atoms with Crippen LogP contribution in [0.2, 0.25) is 0 Å². The first kappa shape index (κ1) is 15.6. The van der Waals surface area contributed by atoms with Crippen molar-refractivity contribution in [3.8, 4) is 5.75 Å². The van der Waals surface area contributed by atoms with Gasteiger partial charge in [-0.15, -0.1) is 0 Å². The first-order chi connectivity index (χ1) is 12.1. The normalized spacial score (nSPS) is 16.2. The van der Waals surface area contributed by atoms with Crippen molar-refractivity contribution in [1.82, 2.24) is 5.32 Å². The molecule has 1 N–H and O–H groups in total. The average molecular weight is 340 g/mol. The minimum Gasteiger partial charge on any atom is -0.491 e. The Kier molecular flexibility index (Phi) is 3.87. The molecule has 2 aromatic carbocycles. The van der Waals surface area contributed by atoms with Crippen molar-refractivity contribution in [1.29, 1.82) is 0 Å². The van der Waals surface area contributed by atoms with Crippen molar-refractivity contribution >= 4 is 17.5 Å². The number of hydrogen-bond donors (Lipinski definition) is 1.